The number of imidazole rings is 1. The van der Waals surface area contributed by atoms with Crippen molar-refractivity contribution in [2.24, 2.45) is 6.98 Å². The van der Waals surface area contributed by atoms with Crippen LogP contribution in [0.25, 0.3) is 45.4 Å². The molecule has 0 N–H and O–H groups in total. The van der Waals surface area contributed by atoms with Gasteiger partial charge in [-0.25, -0.2) is 24.5 Å². The molecule has 33 heavy (non-hydrogen) atoms. The number of aromatic nitrogens is 6. The zero-order chi connectivity index (χ0) is 24.3. The third kappa shape index (κ3) is 3.27. The number of aryl methyl sites for hydroxylation is 1. The molecule has 0 amide bonds. The normalized spacial score (nSPS) is 12.9. The summed E-state index contributed by atoms with van der Waals surface area (Å²) in [5, 5.41) is 0. The fourth-order valence-electron chi connectivity index (χ4n) is 3.51. The van der Waals surface area contributed by atoms with Crippen molar-refractivity contribution < 1.29 is 34.0 Å². The van der Waals surface area contributed by atoms with E-state index in [1.54, 1.807) is 36.4 Å². The van der Waals surface area contributed by atoms with E-state index < -0.39 is 18.5 Å². The molecule has 5 aromatic heterocycles. The van der Waals surface area contributed by atoms with Crippen LogP contribution >= 0.6 is 0 Å². The number of benzene rings is 1. The van der Waals surface area contributed by atoms with Crippen LogP contribution in [-0.4, -0.2) is 28.7 Å². The number of hydrogen-bond acceptors (Lipinski definition) is 7. The fraction of sp³-hybridized carbons (Fsp3) is 0.0455. The van der Waals surface area contributed by atoms with E-state index in [0.29, 0.717) is 5.82 Å². The predicted molar refractivity (Wildman–Crippen MR) is 114 cm³/mol. The summed E-state index contributed by atoms with van der Waals surface area (Å²) < 4.78 is 37.2. The first-order valence-electron chi connectivity index (χ1n) is 10.9. The van der Waals surface area contributed by atoms with Gasteiger partial charge in [0.25, 0.3) is 0 Å². The van der Waals surface area contributed by atoms with Crippen molar-refractivity contribution in [3.05, 3.63) is 88.2 Å². The van der Waals surface area contributed by atoms with E-state index in [2.05, 4.69) is 21.0 Å². The maximum atomic E-state index is 12.8. The Morgan fingerprint density at radius 2 is 1.64 bits per heavy atom. The Kier molecular flexibility index (Phi) is 4.15. The number of oxazole rings is 2. The molecule has 0 radical (unpaired) electrons. The summed E-state index contributed by atoms with van der Waals surface area (Å²) in [6.45, 7) is -2.46. The summed E-state index contributed by atoms with van der Waals surface area (Å²) in [6.07, 6.45) is 4.22. The topological polar surface area (TPSA) is 114 Å². The van der Waals surface area contributed by atoms with Gasteiger partial charge in [0.1, 0.15) is 17.3 Å². The molecule has 11 heteroatoms. The molecule has 0 fully saturated rings. The molecular formula is C22H13N6O4Pt-. The Bertz CT molecular complexity index is 1850. The van der Waals surface area contributed by atoms with Gasteiger partial charge in [-0.05, 0) is 35.3 Å². The number of nitrogens with zero attached hydrogens (tertiary/aromatic N) is 6. The summed E-state index contributed by atoms with van der Waals surface area (Å²) in [5.41, 5.74) is 0.984. The first-order valence-corrected chi connectivity index (χ1v) is 9.38. The van der Waals surface area contributed by atoms with Crippen molar-refractivity contribution in [3.8, 4) is 23.2 Å². The second kappa shape index (κ2) is 7.82. The van der Waals surface area contributed by atoms with Crippen LogP contribution in [0.5, 0.6) is 0 Å². The minimum atomic E-state index is -2.46. The minimum absolute atomic E-state index is 0. The molecule has 0 unspecified atom stereocenters. The number of rotatable bonds is 3. The maximum Gasteiger partial charge on any atom is 0.411 e. The summed E-state index contributed by atoms with van der Waals surface area (Å²) in [4.78, 5) is 38.1. The van der Waals surface area contributed by atoms with Gasteiger partial charge in [-0.3, -0.25) is 9.13 Å². The van der Waals surface area contributed by atoms with Crippen molar-refractivity contribution in [2.75, 3.05) is 0 Å². The Hall–Kier alpha value is -4.04. The Morgan fingerprint density at radius 3 is 2.33 bits per heavy atom. The molecule has 166 valence electrons. The van der Waals surface area contributed by atoms with Crippen LogP contribution in [0.4, 0.5) is 0 Å². The zero-order valence-electron chi connectivity index (χ0n) is 19.4. The van der Waals surface area contributed by atoms with Crippen LogP contribution in [-0.2, 0) is 28.0 Å². The van der Waals surface area contributed by atoms with E-state index >= 15 is 0 Å². The zero-order valence-corrected chi connectivity index (χ0v) is 18.7. The van der Waals surface area contributed by atoms with E-state index in [4.69, 9.17) is 12.9 Å². The van der Waals surface area contributed by atoms with E-state index in [9.17, 15) is 9.59 Å². The Balaban J connectivity index is 0.00000267. The molecule has 0 atom stereocenters. The standard InChI is InChI=1S/C22H13N6O4.Pt/c1-26-10-9-24-20(26)13-5-4-7-19(25-13)28-15-11-14-16(12-17(15)32-22(28)30)31-21(29)27(14)18-6-2-3-8-23-18;/h2-10,12H,1H3;/q-1;/i1D3;. The molecule has 6 rings (SSSR count). The van der Waals surface area contributed by atoms with Crippen molar-refractivity contribution in [1.29, 1.82) is 0 Å². The monoisotopic (exact) mass is 623 g/mol. The van der Waals surface area contributed by atoms with Gasteiger partial charge in [0, 0.05) is 61.9 Å². The number of hydrogen-bond donors (Lipinski definition) is 0. The quantitative estimate of drug-likeness (QED) is 0.279. The van der Waals surface area contributed by atoms with Crippen LogP contribution < -0.4 is 11.5 Å². The van der Waals surface area contributed by atoms with Gasteiger partial charge < -0.3 is 13.4 Å². The van der Waals surface area contributed by atoms with Crippen molar-refractivity contribution in [2.45, 2.75) is 0 Å². The van der Waals surface area contributed by atoms with Crippen LogP contribution in [0.1, 0.15) is 4.11 Å². The van der Waals surface area contributed by atoms with Gasteiger partial charge >= 0.3 is 11.5 Å². The molecule has 0 aliphatic carbocycles. The van der Waals surface area contributed by atoms with Crippen LogP contribution in [0.3, 0.4) is 0 Å². The fourth-order valence-corrected chi connectivity index (χ4v) is 3.51. The van der Waals surface area contributed by atoms with E-state index in [-0.39, 0.29) is 60.6 Å². The largest absolute Gasteiger partial charge is 0.472 e. The molecular weight excluding hydrogens is 607 g/mol. The average molecular weight is 623 g/mol. The van der Waals surface area contributed by atoms with Crippen molar-refractivity contribution in [3.63, 3.8) is 0 Å². The second-order valence-corrected chi connectivity index (χ2v) is 6.79. The van der Waals surface area contributed by atoms with Crippen molar-refractivity contribution >= 4 is 22.2 Å². The molecule has 5 heterocycles. The summed E-state index contributed by atoms with van der Waals surface area (Å²) in [7, 11) is 0. The molecule has 1 aromatic carbocycles. The van der Waals surface area contributed by atoms with Crippen LogP contribution in [0.15, 0.2) is 79.5 Å². The van der Waals surface area contributed by atoms with E-state index in [1.165, 1.54) is 33.8 Å². The van der Waals surface area contributed by atoms with Gasteiger partial charge in [-0.2, -0.15) is 0 Å². The van der Waals surface area contributed by atoms with E-state index in [0.717, 1.165) is 4.57 Å². The molecule has 0 spiro atoms. The molecule has 0 bridgehead atoms. The van der Waals surface area contributed by atoms with Gasteiger partial charge in [0.15, 0.2) is 5.82 Å². The molecule has 10 nitrogen and oxygen atoms in total. The van der Waals surface area contributed by atoms with Gasteiger partial charge in [0.2, 0.25) is 0 Å². The summed E-state index contributed by atoms with van der Waals surface area (Å²) in [5.74, 6) is -0.844. The minimum Gasteiger partial charge on any atom is -0.472 e. The second-order valence-electron chi connectivity index (χ2n) is 6.79. The Labute approximate surface area is 203 Å². The smallest absolute Gasteiger partial charge is 0.411 e. The number of pyridine rings is 2. The summed E-state index contributed by atoms with van der Waals surface area (Å²) >= 11 is 0. The number of fused-ring (bicyclic) bond motifs is 2. The third-order valence-electron chi connectivity index (χ3n) is 4.88. The van der Waals surface area contributed by atoms with Gasteiger partial charge in [-0.15, -0.1) is 6.07 Å². The van der Waals surface area contributed by atoms with Gasteiger partial charge in [-0.1, -0.05) is 18.2 Å². The molecule has 0 aliphatic heterocycles. The first kappa shape index (κ1) is 17.5. The molecule has 6 aromatic rings. The van der Waals surface area contributed by atoms with E-state index in [1.807, 2.05) is 0 Å². The third-order valence-corrected chi connectivity index (χ3v) is 4.88. The van der Waals surface area contributed by atoms with Crippen molar-refractivity contribution in [1.82, 2.24) is 28.7 Å². The Morgan fingerprint density at radius 1 is 0.909 bits per heavy atom. The van der Waals surface area contributed by atoms with Crippen LogP contribution in [0, 0.1) is 6.07 Å². The molecule has 0 saturated heterocycles. The molecule has 0 aliphatic rings. The summed E-state index contributed by atoms with van der Waals surface area (Å²) in [6, 6.07) is 14.3. The predicted octanol–water partition coefficient (Wildman–Crippen LogP) is 2.47. The van der Waals surface area contributed by atoms with Gasteiger partial charge in [0.05, 0.1) is 0 Å². The first-order chi connectivity index (χ1) is 16.8. The average Bonchev–Trinajstić information content (AvgIpc) is 3.52. The SMILES string of the molecule is [2H]C([2H])([2H])n1ccnc1-c1cccc(-n2c(=O)oc3cc4oc(=O)n(-c5ccccn5)c4[c-]c32)n1.[Pt]. The van der Waals surface area contributed by atoms with Crippen LogP contribution in [0.2, 0.25) is 0 Å². The maximum absolute atomic E-state index is 12.8. The molecule has 0 saturated carbocycles.